The number of rotatable bonds is 7. The molecule has 1 aromatic rings. The van der Waals surface area contributed by atoms with Gasteiger partial charge in [-0.3, -0.25) is 4.79 Å². The number of nitrogens with one attached hydrogen (secondary N) is 2. The van der Waals surface area contributed by atoms with Crippen molar-refractivity contribution in [2.45, 2.75) is 4.90 Å². The van der Waals surface area contributed by atoms with Gasteiger partial charge in [-0.15, -0.1) is 6.58 Å². The van der Waals surface area contributed by atoms with E-state index in [0.717, 1.165) is 5.75 Å². The third-order valence-corrected chi connectivity index (χ3v) is 4.26. The number of aromatic amines is 1. The maximum Gasteiger partial charge on any atom is 0.247 e. The minimum absolute atomic E-state index is 0.0609. The van der Waals surface area contributed by atoms with Gasteiger partial charge in [0.05, 0.1) is 4.90 Å². The number of pyridine rings is 1. The first-order valence-electron chi connectivity index (χ1n) is 4.93. The molecule has 17 heavy (non-hydrogen) atoms. The quantitative estimate of drug-likeness (QED) is 0.563. The fourth-order valence-corrected chi connectivity index (χ4v) is 2.77. The molecule has 94 valence electrons. The molecule has 0 aliphatic heterocycles. The summed E-state index contributed by atoms with van der Waals surface area (Å²) in [5, 5.41) is 0. The summed E-state index contributed by atoms with van der Waals surface area (Å²) in [4.78, 5) is 13.2. The van der Waals surface area contributed by atoms with Gasteiger partial charge in [0.15, 0.2) is 0 Å². The lowest BCUT2D eigenvalue weighted by Crippen LogP contribution is -2.26. The van der Waals surface area contributed by atoms with E-state index >= 15 is 0 Å². The average molecular weight is 274 g/mol. The van der Waals surface area contributed by atoms with Crippen LogP contribution in [0.2, 0.25) is 0 Å². The van der Waals surface area contributed by atoms with E-state index in [4.69, 9.17) is 0 Å². The van der Waals surface area contributed by atoms with Crippen LogP contribution < -0.4 is 10.3 Å². The van der Waals surface area contributed by atoms with Crippen LogP contribution in [0.1, 0.15) is 0 Å². The van der Waals surface area contributed by atoms with E-state index in [0.29, 0.717) is 12.3 Å². The molecular weight excluding hydrogens is 260 g/mol. The SMILES string of the molecule is C=CCSCCNS(=O)(=O)c1ccc(=O)[nH]c1. The van der Waals surface area contributed by atoms with E-state index < -0.39 is 10.0 Å². The summed E-state index contributed by atoms with van der Waals surface area (Å²) >= 11 is 1.59. The Hall–Kier alpha value is -1.05. The van der Waals surface area contributed by atoms with Crippen LogP contribution in [0.3, 0.4) is 0 Å². The minimum Gasteiger partial charge on any atom is -0.328 e. The monoisotopic (exact) mass is 274 g/mol. The van der Waals surface area contributed by atoms with Gasteiger partial charge in [0.1, 0.15) is 0 Å². The normalized spacial score (nSPS) is 11.3. The summed E-state index contributed by atoms with van der Waals surface area (Å²) in [7, 11) is -3.52. The Morgan fingerprint density at radius 1 is 1.47 bits per heavy atom. The Morgan fingerprint density at radius 2 is 2.24 bits per heavy atom. The molecule has 0 bridgehead atoms. The molecule has 0 aromatic carbocycles. The summed E-state index contributed by atoms with van der Waals surface area (Å²) in [5.41, 5.74) is -0.328. The molecule has 0 amide bonds. The lowest BCUT2D eigenvalue weighted by Gasteiger charge is -2.05. The molecule has 0 unspecified atom stereocenters. The molecular formula is C10H14N2O3S2. The third kappa shape index (κ3) is 4.76. The van der Waals surface area contributed by atoms with Gasteiger partial charge in [-0.2, -0.15) is 11.8 Å². The van der Waals surface area contributed by atoms with Crippen LogP contribution in [-0.4, -0.2) is 31.5 Å². The minimum atomic E-state index is -3.52. The van der Waals surface area contributed by atoms with E-state index in [9.17, 15) is 13.2 Å². The molecule has 0 radical (unpaired) electrons. The number of hydrogen-bond donors (Lipinski definition) is 2. The van der Waals surface area contributed by atoms with E-state index in [2.05, 4.69) is 16.3 Å². The maximum absolute atomic E-state index is 11.7. The van der Waals surface area contributed by atoms with Crippen molar-refractivity contribution in [3.63, 3.8) is 0 Å². The van der Waals surface area contributed by atoms with E-state index in [1.165, 1.54) is 18.3 Å². The van der Waals surface area contributed by atoms with Gasteiger partial charge in [0.25, 0.3) is 0 Å². The summed E-state index contributed by atoms with van der Waals surface area (Å²) in [6.45, 7) is 3.92. The van der Waals surface area contributed by atoms with Gasteiger partial charge in [-0.1, -0.05) is 6.08 Å². The van der Waals surface area contributed by atoms with Crippen LogP contribution >= 0.6 is 11.8 Å². The van der Waals surface area contributed by atoms with E-state index in [1.807, 2.05) is 0 Å². The fraction of sp³-hybridized carbons (Fsp3) is 0.300. The molecule has 2 N–H and O–H groups in total. The van der Waals surface area contributed by atoms with Crippen LogP contribution in [-0.2, 0) is 10.0 Å². The molecule has 1 aromatic heterocycles. The maximum atomic E-state index is 11.7. The van der Waals surface area contributed by atoms with Gasteiger partial charge < -0.3 is 4.98 Å². The summed E-state index contributed by atoms with van der Waals surface area (Å²) < 4.78 is 25.9. The highest BCUT2D eigenvalue weighted by Crippen LogP contribution is 2.04. The highest BCUT2D eigenvalue weighted by molar-refractivity contribution is 7.99. The highest BCUT2D eigenvalue weighted by Gasteiger charge is 2.12. The molecule has 0 fully saturated rings. The zero-order chi connectivity index (χ0) is 12.7. The predicted molar refractivity (Wildman–Crippen MR) is 69.8 cm³/mol. The number of aromatic nitrogens is 1. The molecule has 7 heteroatoms. The molecule has 0 saturated heterocycles. The first-order valence-corrected chi connectivity index (χ1v) is 7.57. The number of H-pyrrole nitrogens is 1. The summed E-state index contributed by atoms with van der Waals surface area (Å²) in [6.07, 6.45) is 2.95. The first kappa shape index (κ1) is 14.0. The smallest absolute Gasteiger partial charge is 0.247 e. The van der Waals surface area contributed by atoms with Crippen LogP contribution in [0.15, 0.2) is 40.7 Å². The van der Waals surface area contributed by atoms with E-state index in [1.54, 1.807) is 17.8 Å². The Kier molecular flexibility index (Phi) is 5.46. The second-order valence-electron chi connectivity index (χ2n) is 3.15. The standard InChI is InChI=1S/C10H14N2O3S2/c1-2-6-16-7-5-12-17(14,15)9-3-4-10(13)11-8-9/h2-4,8,12H,1,5-7H2,(H,11,13). The second kappa shape index (κ2) is 6.63. The highest BCUT2D eigenvalue weighted by atomic mass is 32.2. The molecule has 0 spiro atoms. The van der Waals surface area contributed by atoms with Gasteiger partial charge in [-0.25, -0.2) is 13.1 Å². The van der Waals surface area contributed by atoms with Crippen LogP contribution in [0.5, 0.6) is 0 Å². The number of thioether (sulfide) groups is 1. The summed E-state index contributed by atoms with van der Waals surface area (Å²) in [5.74, 6) is 1.47. The number of sulfonamides is 1. The van der Waals surface area contributed by atoms with Crippen molar-refractivity contribution in [2.75, 3.05) is 18.1 Å². The average Bonchev–Trinajstić information content (AvgIpc) is 2.29. The Bertz CT molecular complexity index is 502. The molecule has 0 aliphatic carbocycles. The molecule has 1 rings (SSSR count). The fourth-order valence-electron chi connectivity index (χ4n) is 1.06. The van der Waals surface area contributed by atoms with Crippen molar-refractivity contribution in [1.82, 2.24) is 9.71 Å². The van der Waals surface area contributed by atoms with Gasteiger partial charge in [0.2, 0.25) is 15.6 Å². The topological polar surface area (TPSA) is 79.0 Å². The van der Waals surface area contributed by atoms with Crippen molar-refractivity contribution in [1.29, 1.82) is 0 Å². The van der Waals surface area contributed by atoms with Crippen molar-refractivity contribution in [2.24, 2.45) is 0 Å². The predicted octanol–water partition coefficient (Wildman–Crippen LogP) is 0.572. The molecule has 5 nitrogen and oxygen atoms in total. The lowest BCUT2D eigenvalue weighted by molar-refractivity contribution is 0.583. The van der Waals surface area contributed by atoms with Crippen LogP contribution in [0.25, 0.3) is 0 Å². The van der Waals surface area contributed by atoms with Crippen molar-refractivity contribution in [3.05, 3.63) is 41.3 Å². The van der Waals surface area contributed by atoms with Gasteiger partial charge >= 0.3 is 0 Å². The Labute approximate surface area is 104 Å². The first-order chi connectivity index (χ1) is 8.06. The third-order valence-electron chi connectivity index (χ3n) is 1.84. The zero-order valence-corrected chi connectivity index (χ0v) is 10.8. The largest absolute Gasteiger partial charge is 0.328 e. The van der Waals surface area contributed by atoms with Gasteiger partial charge in [0, 0.05) is 30.3 Å². The van der Waals surface area contributed by atoms with Gasteiger partial charge in [-0.05, 0) is 6.07 Å². The number of hydrogen-bond acceptors (Lipinski definition) is 4. The molecule has 0 saturated carbocycles. The molecule has 0 atom stereocenters. The second-order valence-corrected chi connectivity index (χ2v) is 6.07. The van der Waals surface area contributed by atoms with E-state index in [-0.39, 0.29) is 10.5 Å². The lowest BCUT2D eigenvalue weighted by atomic mass is 10.5. The zero-order valence-electron chi connectivity index (χ0n) is 9.18. The Morgan fingerprint density at radius 3 is 2.82 bits per heavy atom. The molecule has 0 aliphatic rings. The van der Waals surface area contributed by atoms with Crippen LogP contribution in [0, 0.1) is 0 Å². The van der Waals surface area contributed by atoms with Crippen molar-refractivity contribution < 1.29 is 8.42 Å². The molecule has 1 heterocycles. The van der Waals surface area contributed by atoms with Crippen LogP contribution in [0.4, 0.5) is 0 Å². The van der Waals surface area contributed by atoms with Crippen molar-refractivity contribution in [3.8, 4) is 0 Å². The Balaban J connectivity index is 2.54. The van der Waals surface area contributed by atoms with Crippen molar-refractivity contribution >= 4 is 21.8 Å². The summed E-state index contributed by atoms with van der Waals surface area (Å²) in [6, 6.07) is 2.46.